The van der Waals surface area contributed by atoms with Crippen molar-refractivity contribution in [1.82, 2.24) is 10.6 Å². The molecule has 0 spiro atoms. The maximum atomic E-state index is 5.83. The molecule has 1 aliphatic heterocycles. The summed E-state index contributed by atoms with van der Waals surface area (Å²) in [7, 11) is 1.81. The van der Waals surface area contributed by atoms with E-state index in [-0.39, 0.29) is 29.6 Å². The molecular formula is C20H40IN3O2. The second-order valence-corrected chi connectivity index (χ2v) is 8.35. The van der Waals surface area contributed by atoms with Gasteiger partial charge < -0.3 is 20.1 Å². The minimum atomic E-state index is -0.128. The Kier molecular flexibility index (Phi) is 10.8. The van der Waals surface area contributed by atoms with E-state index in [4.69, 9.17) is 14.5 Å². The van der Waals surface area contributed by atoms with E-state index in [1.807, 2.05) is 7.11 Å². The Hall–Kier alpha value is -0.0800. The first kappa shape index (κ1) is 24.0. The van der Waals surface area contributed by atoms with Crippen molar-refractivity contribution in [3.05, 3.63) is 0 Å². The number of hydrogen-bond acceptors (Lipinski definition) is 3. The standard InChI is InChI=1S/C20H39N3O2.HI/c1-5-21-18(23-16-20(24-4)10-12-25-13-11-20)22-15-19(14-17(2)3)8-6-7-9-19;/h17H,5-16H2,1-4H3,(H2,21,22,23);1H. The van der Waals surface area contributed by atoms with E-state index < -0.39 is 0 Å². The first-order valence-electron chi connectivity index (χ1n) is 10.2. The van der Waals surface area contributed by atoms with Crippen LogP contribution in [0.4, 0.5) is 0 Å². The van der Waals surface area contributed by atoms with Gasteiger partial charge >= 0.3 is 0 Å². The van der Waals surface area contributed by atoms with Crippen LogP contribution in [0.25, 0.3) is 0 Å². The van der Waals surface area contributed by atoms with Gasteiger partial charge in [-0.3, -0.25) is 4.99 Å². The van der Waals surface area contributed by atoms with Gasteiger partial charge in [-0.1, -0.05) is 26.7 Å². The molecule has 0 aromatic rings. The van der Waals surface area contributed by atoms with Crippen molar-refractivity contribution in [2.75, 3.05) is 40.0 Å². The van der Waals surface area contributed by atoms with Gasteiger partial charge in [0.25, 0.3) is 0 Å². The molecule has 2 aliphatic rings. The molecular weight excluding hydrogens is 441 g/mol. The zero-order chi connectivity index (χ0) is 18.2. The van der Waals surface area contributed by atoms with E-state index in [0.29, 0.717) is 5.41 Å². The smallest absolute Gasteiger partial charge is 0.191 e. The van der Waals surface area contributed by atoms with Crippen LogP contribution in [0.1, 0.15) is 65.7 Å². The summed E-state index contributed by atoms with van der Waals surface area (Å²) in [6.45, 7) is 11.0. The number of rotatable bonds is 8. The fourth-order valence-electron chi connectivity index (χ4n) is 4.45. The van der Waals surface area contributed by atoms with E-state index in [2.05, 4.69) is 31.4 Å². The number of nitrogens with one attached hydrogen (secondary N) is 2. The second kappa shape index (κ2) is 11.7. The molecule has 5 nitrogen and oxygen atoms in total. The highest BCUT2D eigenvalue weighted by Crippen LogP contribution is 2.43. The lowest BCUT2D eigenvalue weighted by Gasteiger charge is -2.36. The lowest BCUT2D eigenvalue weighted by molar-refractivity contribution is -0.0855. The van der Waals surface area contributed by atoms with Gasteiger partial charge in [0.15, 0.2) is 5.96 Å². The molecule has 0 radical (unpaired) electrons. The van der Waals surface area contributed by atoms with Crippen molar-refractivity contribution < 1.29 is 9.47 Å². The average Bonchev–Trinajstić information content (AvgIpc) is 3.06. The summed E-state index contributed by atoms with van der Waals surface area (Å²) in [5.74, 6) is 1.67. The fraction of sp³-hybridized carbons (Fsp3) is 0.950. The minimum Gasteiger partial charge on any atom is -0.381 e. The molecule has 1 saturated carbocycles. The summed E-state index contributed by atoms with van der Waals surface area (Å²) < 4.78 is 11.3. The maximum Gasteiger partial charge on any atom is 0.191 e. The molecule has 2 rings (SSSR count). The van der Waals surface area contributed by atoms with E-state index >= 15 is 0 Å². The van der Waals surface area contributed by atoms with Crippen LogP contribution in [0.5, 0.6) is 0 Å². The predicted molar refractivity (Wildman–Crippen MR) is 120 cm³/mol. The predicted octanol–water partition coefficient (Wildman–Crippen LogP) is 3.96. The Morgan fingerprint density at radius 3 is 2.31 bits per heavy atom. The van der Waals surface area contributed by atoms with E-state index in [9.17, 15) is 0 Å². The lowest BCUT2D eigenvalue weighted by Crippen LogP contribution is -2.51. The molecule has 154 valence electrons. The van der Waals surface area contributed by atoms with Crippen molar-refractivity contribution >= 4 is 29.9 Å². The van der Waals surface area contributed by atoms with Gasteiger partial charge in [0, 0.05) is 52.8 Å². The number of nitrogens with zero attached hydrogens (tertiary/aromatic N) is 1. The summed E-state index contributed by atoms with van der Waals surface area (Å²) in [5.41, 5.74) is 0.283. The van der Waals surface area contributed by atoms with Gasteiger partial charge in [0.05, 0.1) is 5.60 Å². The van der Waals surface area contributed by atoms with E-state index in [1.54, 1.807) is 0 Å². The molecule has 1 heterocycles. The molecule has 0 atom stereocenters. The largest absolute Gasteiger partial charge is 0.381 e. The highest BCUT2D eigenvalue weighted by molar-refractivity contribution is 14.0. The third kappa shape index (κ3) is 7.15. The second-order valence-electron chi connectivity index (χ2n) is 8.35. The fourth-order valence-corrected chi connectivity index (χ4v) is 4.45. The van der Waals surface area contributed by atoms with Gasteiger partial charge in [0.1, 0.15) is 0 Å². The summed E-state index contributed by atoms with van der Waals surface area (Å²) in [6.07, 6.45) is 8.54. The molecule has 2 fully saturated rings. The van der Waals surface area contributed by atoms with Crippen LogP contribution < -0.4 is 10.6 Å². The Balaban J connectivity index is 0.00000338. The van der Waals surface area contributed by atoms with Crippen LogP contribution in [0.15, 0.2) is 4.99 Å². The number of ether oxygens (including phenoxy) is 2. The Morgan fingerprint density at radius 1 is 1.12 bits per heavy atom. The Morgan fingerprint density at radius 2 is 1.77 bits per heavy atom. The van der Waals surface area contributed by atoms with Crippen molar-refractivity contribution in [1.29, 1.82) is 0 Å². The zero-order valence-corrected chi connectivity index (χ0v) is 19.6. The molecule has 0 bridgehead atoms. The third-order valence-corrected chi connectivity index (χ3v) is 5.84. The quantitative estimate of drug-likeness (QED) is 0.313. The van der Waals surface area contributed by atoms with Crippen molar-refractivity contribution in [3.8, 4) is 0 Å². The topological polar surface area (TPSA) is 54.9 Å². The maximum absolute atomic E-state index is 5.83. The first-order chi connectivity index (χ1) is 12.0. The SMILES string of the molecule is CCNC(=NCC1(CC(C)C)CCCC1)NCC1(OC)CCOCC1.I. The summed E-state index contributed by atoms with van der Waals surface area (Å²) in [5, 5.41) is 6.95. The number of methoxy groups -OCH3 is 1. The van der Waals surface area contributed by atoms with Crippen LogP contribution in [0.3, 0.4) is 0 Å². The number of halogens is 1. The zero-order valence-electron chi connectivity index (χ0n) is 17.2. The van der Waals surface area contributed by atoms with Gasteiger partial charge in [-0.15, -0.1) is 24.0 Å². The highest BCUT2D eigenvalue weighted by atomic mass is 127. The molecule has 0 aromatic carbocycles. The molecule has 1 aliphatic carbocycles. The molecule has 2 N–H and O–H groups in total. The highest BCUT2D eigenvalue weighted by Gasteiger charge is 2.35. The van der Waals surface area contributed by atoms with E-state index in [0.717, 1.165) is 57.6 Å². The molecule has 26 heavy (non-hydrogen) atoms. The molecule has 6 heteroatoms. The minimum absolute atomic E-state index is 0. The normalized spacial score (nSPS) is 22.1. The third-order valence-electron chi connectivity index (χ3n) is 5.84. The molecule has 1 saturated heterocycles. The number of aliphatic imine (C=N–C) groups is 1. The van der Waals surface area contributed by atoms with Crippen LogP contribution in [-0.2, 0) is 9.47 Å². The van der Waals surface area contributed by atoms with Gasteiger partial charge in [-0.2, -0.15) is 0 Å². The van der Waals surface area contributed by atoms with Gasteiger partial charge in [-0.05, 0) is 37.5 Å². The van der Waals surface area contributed by atoms with Crippen LogP contribution in [0.2, 0.25) is 0 Å². The molecule has 0 amide bonds. The van der Waals surface area contributed by atoms with Gasteiger partial charge in [0.2, 0.25) is 0 Å². The van der Waals surface area contributed by atoms with Crippen LogP contribution in [0, 0.1) is 11.3 Å². The summed E-state index contributed by atoms with van der Waals surface area (Å²) >= 11 is 0. The number of hydrogen-bond donors (Lipinski definition) is 2. The van der Waals surface area contributed by atoms with Crippen LogP contribution in [-0.4, -0.2) is 51.5 Å². The summed E-state index contributed by atoms with van der Waals surface area (Å²) in [4.78, 5) is 4.98. The average molecular weight is 481 g/mol. The van der Waals surface area contributed by atoms with Crippen molar-refractivity contribution in [3.63, 3.8) is 0 Å². The molecule has 0 unspecified atom stereocenters. The van der Waals surface area contributed by atoms with Crippen molar-refractivity contribution in [2.24, 2.45) is 16.3 Å². The first-order valence-corrected chi connectivity index (χ1v) is 10.2. The molecule has 0 aromatic heterocycles. The van der Waals surface area contributed by atoms with Crippen LogP contribution >= 0.6 is 24.0 Å². The van der Waals surface area contributed by atoms with E-state index in [1.165, 1.54) is 32.1 Å². The Labute approximate surface area is 177 Å². The number of guanidine groups is 1. The Bertz CT molecular complexity index is 417. The monoisotopic (exact) mass is 481 g/mol. The lowest BCUT2D eigenvalue weighted by atomic mass is 9.78. The summed E-state index contributed by atoms with van der Waals surface area (Å²) in [6, 6.07) is 0. The van der Waals surface area contributed by atoms with Crippen molar-refractivity contribution in [2.45, 2.75) is 71.3 Å². The van der Waals surface area contributed by atoms with Gasteiger partial charge in [-0.25, -0.2) is 0 Å².